The lowest BCUT2D eigenvalue weighted by atomic mass is 9.70. The first kappa shape index (κ1) is 30.5. The second kappa shape index (κ2) is 12.1. The third-order valence-electron chi connectivity index (χ3n) is 8.88. The van der Waals surface area contributed by atoms with Gasteiger partial charge in [-0.1, -0.05) is 47.1 Å². The number of aliphatic hydroxyl groups is 1. The number of hydrogen-bond donors (Lipinski definition) is 3. The number of alkyl halides is 1. The number of aliphatic hydroxyl groups excluding tert-OH is 1. The maximum atomic E-state index is 14.4. The fourth-order valence-corrected chi connectivity index (χ4v) is 8.13. The second-order valence-corrected chi connectivity index (χ2v) is 13.3. The normalized spacial score (nSPS) is 28.0. The molecule has 0 radical (unpaired) electrons. The number of aromatic nitrogens is 3. The fourth-order valence-electron chi connectivity index (χ4n) is 7.19. The molecular weight excluding hydrogens is 632 g/mol. The molecule has 1 spiro atoms. The number of nitrogens with zero attached hydrogens (tertiary/aromatic N) is 4. The summed E-state index contributed by atoms with van der Waals surface area (Å²) in [7, 11) is 0. The van der Waals surface area contributed by atoms with Crippen LogP contribution < -0.4 is 15.4 Å². The van der Waals surface area contributed by atoms with Gasteiger partial charge < -0.3 is 30.1 Å². The van der Waals surface area contributed by atoms with Crippen LogP contribution in [0, 0.1) is 17.8 Å². The summed E-state index contributed by atoms with van der Waals surface area (Å²) in [6.07, 6.45) is 0.231. The molecule has 3 aliphatic heterocycles. The summed E-state index contributed by atoms with van der Waals surface area (Å²) in [5.41, 5.74) is 0.749. The maximum absolute atomic E-state index is 14.4. The Hall–Kier alpha value is -3.55. The van der Waals surface area contributed by atoms with Crippen LogP contribution >= 0.6 is 15.9 Å². The van der Waals surface area contributed by atoms with E-state index in [9.17, 15) is 19.5 Å². The molecule has 3 aromatic rings. The number of halogens is 1. The first-order chi connectivity index (χ1) is 21.2. The van der Waals surface area contributed by atoms with Crippen molar-refractivity contribution >= 4 is 50.4 Å². The lowest BCUT2D eigenvalue weighted by Gasteiger charge is -2.37. The van der Waals surface area contributed by atoms with E-state index in [1.165, 1.54) is 4.90 Å². The van der Waals surface area contributed by atoms with Crippen LogP contribution in [0.25, 0.3) is 11.0 Å². The minimum Gasteiger partial charge on any atom is -0.494 e. The molecule has 3 fully saturated rings. The minimum absolute atomic E-state index is 0.0232. The molecule has 2 bridgehead atoms. The van der Waals surface area contributed by atoms with Gasteiger partial charge in [-0.3, -0.25) is 14.4 Å². The molecule has 13 heteroatoms. The van der Waals surface area contributed by atoms with Crippen molar-refractivity contribution in [3.8, 4) is 5.75 Å². The molecule has 1 aromatic heterocycles. The Balaban J connectivity index is 1.31. The number of amides is 3. The van der Waals surface area contributed by atoms with E-state index in [0.717, 1.165) is 5.52 Å². The molecule has 7 atom stereocenters. The van der Waals surface area contributed by atoms with Gasteiger partial charge in [0, 0.05) is 10.5 Å². The molecular formula is C31H37BrN6O6. The van der Waals surface area contributed by atoms with Gasteiger partial charge in [0.15, 0.2) is 0 Å². The van der Waals surface area contributed by atoms with Gasteiger partial charge in [-0.15, -0.1) is 5.10 Å². The van der Waals surface area contributed by atoms with Crippen LogP contribution in [0.3, 0.4) is 0 Å². The van der Waals surface area contributed by atoms with Crippen LogP contribution in [0.15, 0.2) is 48.5 Å². The minimum atomic E-state index is -1.25. The van der Waals surface area contributed by atoms with Gasteiger partial charge in [0.2, 0.25) is 17.7 Å². The smallest absolute Gasteiger partial charge is 0.247 e. The van der Waals surface area contributed by atoms with Crippen molar-refractivity contribution in [1.29, 1.82) is 0 Å². The molecule has 3 saturated heterocycles. The van der Waals surface area contributed by atoms with Gasteiger partial charge in [0.05, 0.1) is 42.7 Å². The van der Waals surface area contributed by atoms with Crippen molar-refractivity contribution in [1.82, 2.24) is 25.2 Å². The van der Waals surface area contributed by atoms with Gasteiger partial charge in [0.1, 0.15) is 29.6 Å². The standard InChI is InChI=1S/C31H37BrN6O6/c1-4-43-20-11-9-18(10-12-20)34-28(40)24-25-30(42)38(19(15-39)13-17(2)3)27(31(25)14-21(32)26(24)44-31)29(41)33-16-37-23-8-6-5-7-22(23)35-36-37/h5-12,17,19,21,24-27,39H,4,13-16H2,1-3H3,(H,33,41)(H,34,40)/t19-,21?,24-,25+,26-,27?,31?/m1/s1. The zero-order valence-corrected chi connectivity index (χ0v) is 26.4. The summed E-state index contributed by atoms with van der Waals surface area (Å²) in [5, 5.41) is 24.7. The fraction of sp³-hybridized carbons (Fsp3) is 0.516. The van der Waals surface area contributed by atoms with Crippen molar-refractivity contribution in [2.45, 2.75) is 68.9 Å². The van der Waals surface area contributed by atoms with Crippen molar-refractivity contribution < 1.29 is 29.0 Å². The van der Waals surface area contributed by atoms with Gasteiger partial charge in [-0.2, -0.15) is 0 Å². The topological polar surface area (TPSA) is 148 Å². The number of carbonyl (C=O) groups is 3. The van der Waals surface area contributed by atoms with Crippen molar-refractivity contribution in [2.24, 2.45) is 17.8 Å². The number of carbonyl (C=O) groups excluding carboxylic acids is 3. The SMILES string of the molecule is CCOc1ccc(NC(=O)[C@H]2[C@@H]3OC4(CC3Br)C(C(=O)NCn3nnc5ccccc53)N([C@@H](CO)CC(C)C)C(=O)[C@H]24)cc1. The van der Waals surface area contributed by atoms with Crippen LogP contribution in [0.1, 0.15) is 33.6 Å². The molecule has 234 valence electrons. The number of likely N-dealkylation sites (tertiary alicyclic amines) is 1. The highest BCUT2D eigenvalue weighted by Crippen LogP contribution is 2.60. The van der Waals surface area contributed by atoms with Crippen LogP contribution in [-0.4, -0.2) is 84.6 Å². The maximum Gasteiger partial charge on any atom is 0.247 e. The third kappa shape index (κ3) is 5.14. The molecule has 2 aromatic carbocycles. The number of benzene rings is 2. The Morgan fingerprint density at radius 3 is 2.64 bits per heavy atom. The highest BCUT2D eigenvalue weighted by molar-refractivity contribution is 9.09. The van der Waals surface area contributed by atoms with Crippen LogP contribution in [0.2, 0.25) is 0 Å². The lowest BCUT2D eigenvalue weighted by Crippen LogP contribution is -2.58. The average molecular weight is 670 g/mol. The van der Waals surface area contributed by atoms with Crippen molar-refractivity contribution in [3.63, 3.8) is 0 Å². The Bertz CT molecular complexity index is 1550. The van der Waals surface area contributed by atoms with E-state index in [0.29, 0.717) is 36.4 Å². The van der Waals surface area contributed by atoms with Gasteiger partial charge in [-0.05, 0) is 62.1 Å². The summed E-state index contributed by atoms with van der Waals surface area (Å²) in [5.74, 6) is -2.06. The van der Waals surface area contributed by atoms with E-state index in [2.05, 4.69) is 36.9 Å². The molecule has 12 nitrogen and oxygen atoms in total. The molecule has 0 saturated carbocycles. The molecule has 3 unspecified atom stereocenters. The van der Waals surface area contributed by atoms with Gasteiger partial charge >= 0.3 is 0 Å². The predicted octanol–water partition coefficient (Wildman–Crippen LogP) is 2.70. The number of rotatable bonds is 11. The van der Waals surface area contributed by atoms with Gasteiger partial charge in [-0.25, -0.2) is 4.68 Å². The van der Waals surface area contributed by atoms with Crippen molar-refractivity contribution in [2.75, 3.05) is 18.5 Å². The highest BCUT2D eigenvalue weighted by Gasteiger charge is 2.77. The van der Waals surface area contributed by atoms with E-state index >= 15 is 0 Å². The number of ether oxygens (including phenoxy) is 2. The average Bonchev–Trinajstić information content (AvgIpc) is 3.72. The molecule has 0 aliphatic carbocycles. The lowest BCUT2D eigenvalue weighted by molar-refractivity contribution is -0.145. The first-order valence-corrected chi connectivity index (χ1v) is 15.9. The predicted molar refractivity (Wildman–Crippen MR) is 165 cm³/mol. The van der Waals surface area contributed by atoms with E-state index in [1.54, 1.807) is 28.9 Å². The zero-order valence-electron chi connectivity index (χ0n) is 24.9. The summed E-state index contributed by atoms with van der Waals surface area (Å²) >= 11 is 3.70. The summed E-state index contributed by atoms with van der Waals surface area (Å²) in [6.45, 7) is 6.11. The van der Waals surface area contributed by atoms with Gasteiger partial charge in [0.25, 0.3) is 0 Å². The molecule has 6 rings (SSSR count). The summed E-state index contributed by atoms with van der Waals surface area (Å²) in [4.78, 5) is 43.6. The van der Waals surface area contributed by atoms with E-state index in [1.807, 2.05) is 45.0 Å². The van der Waals surface area contributed by atoms with E-state index in [4.69, 9.17) is 9.47 Å². The number of para-hydroxylation sites is 1. The number of hydrogen-bond acceptors (Lipinski definition) is 8. The Morgan fingerprint density at radius 2 is 1.93 bits per heavy atom. The summed E-state index contributed by atoms with van der Waals surface area (Å²) < 4.78 is 13.7. The number of anilines is 1. The molecule has 3 aliphatic rings. The van der Waals surface area contributed by atoms with E-state index in [-0.39, 0.29) is 35.8 Å². The second-order valence-electron chi connectivity index (χ2n) is 12.1. The van der Waals surface area contributed by atoms with Crippen molar-refractivity contribution in [3.05, 3.63) is 48.5 Å². The highest BCUT2D eigenvalue weighted by atomic mass is 79.9. The van der Waals surface area contributed by atoms with Crippen LogP contribution in [0.5, 0.6) is 5.75 Å². The van der Waals surface area contributed by atoms with Crippen LogP contribution in [-0.2, 0) is 25.8 Å². The largest absolute Gasteiger partial charge is 0.494 e. The Kier molecular flexibility index (Phi) is 8.38. The molecule has 4 heterocycles. The Morgan fingerprint density at radius 1 is 1.18 bits per heavy atom. The molecule has 3 N–H and O–H groups in total. The summed E-state index contributed by atoms with van der Waals surface area (Å²) in [6, 6.07) is 12.8. The number of fused-ring (bicyclic) bond motifs is 2. The number of nitrogens with one attached hydrogen (secondary N) is 2. The van der Waals surface area contributed by atoms with Crippen LogP contribution in [0.4, 0.5) is 5.69 Å². The monoisotopic (exact) mass is 668 g/mol. The first-order valence-electron chi connectivity index (χ1n) is 15.0. The molecule has 3 amide bonds. The molecule has 44 heavy (non-hydrogen) atoms. The van der Waals surface area contributed by atoms with E-state index < -0.39 is 41.5 Å². The quantitative estimate of drug-likeness (QED) is 0.264. The Labute approximate surface area is 263 Å². The third-order valence-corrected chi connectivity index (χ3v) is 9.73. The zero-order chi connectivity index (χ0) is 31.2.